The minimum Gasteiger partial charge on any atom is -0.455 e. The Labute approximate surface area is 370 Å². The Morgan fingerprint density at radius 2 is 1.43 bits per heavy atom. The molecule has 0 N–H and O–H groups in total. The van der Waals surface area contributed by atoms with E-state index in [2.05, 4.69) is 82.3 Å². The Balaban J connectivity index is 1.60. The molecule has 10 nitrogen and oxygen atoms in total. The highest BCUT2D eigenvalue weighted by atomic mass is 28.4. The Morgan fingerprint density at radius 1 is 0.836 bits per heavy atom. The van der Waals surface area contributed by atoms with Gasteiger partial charge >= 0.3 is 11.9 Å². The van der Waals surface area contributed by atoms with Crippen molar-refractivity contribution in [1.82, 2.24) is 0 Å². The first-order valence-electron chi connectivity index (χ1n) is 23.9. The van der Waals surface area contributed by atoms with E-state index in [0.29, 0.717) is 18.4 Å². The second-order valence-electron chi connectivity index (χ2n) is 20.9. The Kier molecular flexibility index (Phi) is 13.1. The Bertz CT molecular complexity index is 1790. The van der Waals surface area contributed by atoms with E-state index in [1.54, 1.807) is 0 Å². The first kappa shape index (κ1) is 47.3. The molecule has 0 spiro atoms. The summed E-state index contributed by atoms with van der Waals surface area (Å²) in [6.45, 7) is 31.2. The van der Waals surface area contributed by atoms with Crippen LogP contribution in [0.25, 0.3) is 0 Å². The van der Waals surface area contributed by atoms with Gasteiger partial charge in [-0.3, -0.25) is 4.79 Å². The number of fused-ring (bicyclic) bond motifs is 8. The topological polar surface area (TPSA) is 108 Å². The summed E-state index contributed by atoms with van der Waals surface area (Å²) >= 11 is 0. The smallest absolute Gasteiger partial charge is 0.338 e. The summed E-state index contributed by atoms with van der Waals surface area (Å²) in [4.78, 5) is 29.5. The van der Waals surface area contributed by atoms with Gasteiger partial charge in [-0.25, -0.2) is 4.79 Å². The van der Waals surface area contributed by atoms with E-state index in [1.807, 2.05) is 44.2 Å². The number of ether oxygens (including phenoxy) is 5. The number of carbonyl (C=O) groups excluding carboxylic acids is 2. The third kappa shape index (κ3) is 7.67. The molecule has 3 saturated carbocycles. The van der Waals surface area contributed by atoms with E-state index in [-0.39, 0.29) is 24.6 Å². The molecule has 9 unspecified atom stereocenters. The maximum atomic E-state index is 15.1. The van der Waals surface area contributed by atoms with Crippen molar-refractivity contribution in [3.05, 3.63) is 47.0 Å². The van der Waals surface area contributed by atoms with Crippen LogP contribution in [0.15, 0.2) is 41.5 Å². The van der Waals surface area contributed by atoms with Crippen molar-refractivity contribution in [2.45, 2.75) is 212 Å². The van der Waals surface area contributed by atoms with Crippen LogP contribution in [0.5, 0.6) is 0 Å². The van der Waals surface area contributed by atoms with Crippen LogP contribution in [0.2, 0.25) is 49.4 Å². The van der Waals surface area contributed by atoms with Crippen molar-refractivity contribution in [1.29, 1.82) is 0 Å². The first-order chi connectivity index (χ1) is 28.7. The summed E-state index contributed by atoms with van der Waals surface area (Å²) in [6, 6.07) is 15.1. The van der Waals surface area contributed by atoms with Gasteiger partial charge in [0, 0.05) is 23.7 Å². The van der Waals surface area contributed by atoms with E-state index in [9.17, 15) is 4.79 Å². The molecule has 10 atom stereocenters. The lowest BCUT2D eigenvalue weighted by atomic mass is 9.44. The van der Waals surface area contributed by atoms with Crippen molar-refractivity contribution in [2.24, 2.45) is 22.7 Å². The van der Waals surface area contributed by atoms with Crippen LogP contribution in [0.1, 0.15) is 119 Å². The molecule has 13 heteroatoms. The number of rotatable bonds is 16. The molecule has 5 fully saturated rings. The summed E-state index contributed by atoms with van der Waals surface area (Å²) in [5.74, 6) is -2.45. The minimum atomic E-state index is -2.32. The number of esters is 2. The second kappa shape index (κ2) is 16.9. The van der Waals surface area contributed by atoms with E-state index in [1.165, 1.54) is 0 Å². The largest absolute Gasteiger partial charge is 0.455 e. The van der Waals surface area contributed by atoms with Crippen LogP contribution >= 0.6 is 0 Å². The van der Waals surface area contributed by atoms with E-state index in [4.69, 9.17) is 37.0 Å². The standard InChI is InChI=1S/C48H78O10Si3/c1-15-60(16-2,17-3)56-34-29-48(58-59(13)14)41(52-42(49)32-24-22-21-23-25-32)39-46(12,40-38(53-45(10,11)54-40)37(31(34)7)44(48,8)9)35(57-61(18-4,19-5)20-6)28-36-47(39,30-51-36)55-43(50)33-26-27-33/h21-25,33-36,38-41,59H,15-20,26-30H2,1-14H3/t34?,35?,36?,38?,39?,40?,41?,46-,47?,48?/m1/s1. The lowest BCUT2D eigenvalue weighted by molar-refractivity contribution is -0.360. The molecule has 7 rings (SSSR count). The lowest BCUT2D eigenvalue weighted by Gasteiger charge is -2.71. The maximum absolute atomic E-state index is 15.1. The Morgan fingerprint density at radius 3 is 1.95 bits per heavy atom. The van der Waals surface area contributed by atoms with Crippen LogP contribution in [-0.4, -0.2) is 97.8 Å². The molecule has 0 amide bonds. The highest BCUT2D eigenvalue weighted by molar-refractivity contribution is 6.74. The van der Waals surface area contributed by atoms with Crippen LogP contribution in [0, 0.1) is 22.7 Å². The number of hydrogen-bond acceptors (Lipinski definition) is 10. The number of benzene rings is 1. The van der Waals surface area contributed by atoms with Gasteiger partial charge in [0.1, 0.15) is 23.9 Å². The molecule has 2 saturated heterocycles. The molecule has 2 heterocycles. The highest BCUT2D eigenvalue weighted by Crippen LogP contribution is 2.69. The SMILES string of the molecule is CC[Si](CC)(CC)OC1CC2(O[SiH](C)C)C(OC(=O)c3ccccc3)C3C4(OC(=O)C5CC5)COC4CC(O[Si](CC)(CC)CC)[C@@]3(C)C3OC(C)(C)OC3C(=C1C)C2(C)C. The van der Waals surface area contributed by atoms with Gasteiger partial charge in [-0.05, 0) is 106 Å². The predicted molar refractivity (Wildman–Crippen MR) is 245 cm³/mol. The van der Waals surface area contributed by atoms with Crippen molar-refractivity contribution >= 4 is 37.6 Å². The zero-order chi connectivity index (χ0) is 44.6. The molecule has 2 aliphatic heterocycles. The normalized spacial score (nSPS) is 36.5. The summed E-state index contributed by atoms with van der Waals surface area (Å²) in [5, 5.41) is 0. The lowest BCUT2D eigenvalue weighted by Crippen LogP contribution is -2.83. The average molecular weight is 899 g/mol. The molecule has 342 valence electrons. The molecule has 1 aromatic carbocycles. The predicted octanol–water partition coefficient (Wildman–Crippen LogP) is 10.1. The summed E-state index contributed by atoms with van der Waals surface area (Å²) in [6.07, 6.45) is -0.645. The summed E-state index contributed by atoms with van der Waals surface area (Å²) < 4.78 is 59.0. The fourth-order valence-electron chi connectivity index (χ4n) is 12.6. The van der Waals surface area contributed by atoms with Gasteiger partial charge in [0.25, 0.3) is 0 Å². The first-order valence-corrected chi connectivity index (χ1v) is 31.8. The zero-order valence-electron chi connectivity index (χ0n) is 39.9. The molecule has 4 aliphatic carbocycles. The quantitative estimate of drug-likeness (QED) is 0.0904. The van der Waals surface area contributed by atoms with Crippen LogP contribution in [-0.2, 0) is 41.8 Å². The zero-order valence-corrected chi connectivity index (χ0v) is 43.1. The highest BCUT2D eigenvalue weighted by Gasteiger charge is 2.80. The maximum Gasteiger partial charge on any atom is 0.338 e. The molecule has 1 aromatic rings. The Hall–Kier alpha value is -1.69. The van der Waals surface area contributed by atoms with Gasteiger partial charge in [-0.2, -0.15) is 0 Å². The van der Waals surface area contributed by atoms with Gasteiger partial charge in [-0.1, -0.05) is 80.5 Å². The molecule has 0 radical (unpaired) electrons. The van der Waals surface area contributed by atoms with Crippen LogP contribution < -0.4 is 0 Å². The third-order valence-electron chi connectivity index (χ3n) is 16.8. The van der Waals surface area contributed by atoms with Crippen molar-refractivity contribution in [3.8, 4) is 0 Å². The summed E-state index contributed by atoms with van der Waals surface area (Å²) in [7, 11) is -6.53. The van der Waals surface area contributed by atoms with E-state index >= 15 is 4.79 Å². The van der Waals surface area contributed by atoms with E-state index < -0.39 is 95.9 Å². The molecular formula is C48H78O10Si3. The van der Waals surface area contributed by atoms with Crippen molar-refractivity contribution in [2.75, 3.05) is 6.61 Å². The molecule has 2 bridgehead atoms. The monoisotopic (exact) mass is 898 g/mol. The molecule has 6 aliphatic rings. The summed E-state index contributed by atoms with van der Waals surface area (Å²) in [5.41, 5.74) is -1.30. The van der Waals surface area contributed by atoms with Gasteiger partial charge < -0.3 is 37.0 Å². The number of hydrogen-bond donors (Lipinski definition) is 0. The van der Waals surface area contributed by atoms with Crippen LogP contribution in [0.3, 0.4) is 0 Å². The molecular weight excluding hydrogens is 821 g/mol. The molecule has 0 aromatic heterocycles. The van der Waals surface area contributed by atoms with Gasteiger partial charge in [-0.15, -0.1) is 0 Å². The van der Waals surface area contributed by atoms with Gasteiger partial charge in [0.2, 0.25) is 0 Å². The average Bonchev–Trinajstić information content (AvgIpc) is 4.03. The molecule has 61 heavy (non-hydrogen) atoms. The van der Waals surface area contributed by atoms with Crippen LogP contribution in [0.4, 0.5) is 0 Å². The number of carbonyl (C=O) groups is 2. The fraction of sp³-hybridized carbons (Fsp3) is 0.792. The van der Waals surface area contributed by atoms with Gasteiger partial charge in [0.15, 0.2) is 37.1 Å². The fourth-order valence-corrected chi connectivity index (χ4v) is 19.8. The van der Waals surface area contributed by atoms with Crippen molar-refractivity contribution in [3.63, 3.8) is 0 Å². The van der Waals surface area contributed by atoms with Gasteiger partial charge in [0.05, 0.1) is 42.3 Å². The second-order valence-corrected chi connectivity index (χ2v) is 32.7. The van der Waals surface area contributed by atoms with Crippen molar-refractivity contribution < 1.29 is 46.6 Å². The van der Waals surface area contributed by atoms with E-state index in [0.717, 1.165) is 60.3 Å². The third-order valence-corrected chi connectivity index (χ3v) is 27.0. The minimum absolute atomic E-state index is 0.155.